The highest BCUT2D eigenvalue weighted by Crippen LogP contribution is 2.24. The molecule has 0 radical (unpaired) electrons. The summed E-state index contributed by atoms with van der Waals surface area (Å²) in [5.74, 6) is 0.527. The number of nitrogens with two attached hydrogens (primary N) is 1. The lowest BCUT2D eigenvalue weighted by Gasteiger charge is -2.36. The Labute approximate surface area is 123 Å². The predicted octanol–water partition coefficient (Wildman–Crippen LogP) is 2.96. The van der Waals surface area contributed by atoms with E-state index in [0.717, 1.165) is 41.5 Å². The molecule has 0 saturated carbocycles. The number of hydrogen-bond acceptors (Lipinski definition) is 2. The van der Waals surface area contributed by atoms with Crippen LogP contribution in [0.5, 0.6) is 0 Å². The summed E-state index contributed by atoms with van der Waals surface area (Å²) in [7, 11) is 0. The Kier molecular flexibility index (Phi) is 4.63. The van der Waals surface area contributed by atoms with Gasteiger partial charge < -0.3 is 10.6 Å². The highest BCUT2D eigenvalue weighted by Gasteiger charge is 2.29. The molecule has 19 heavy (non-hydrogen) atoms. The van der Waals surface area contributed by atoms with Crippen molar-refractivity contribution in [3.63, 3.8) is 0 Å². The summed E-state index contributed by atoms with van der Waals surface area (Å²) < 4.78 is 0.875. The molecule has 0 bridgehead atoms. The Bertz CT molecular complexity index is 475. The van der Waals surface area contributed by atoms with Crippen LogP contribution in [0.2, 0.25) is 0 Å². The number of likely N-dealkylation sites (tertiary alicyclic amines) is 1. The summed E-state index contributed by atoms with van der Waals surface area (Å²) in [5.41, 5.74) is 7.99. The van der Waals surface area contributed by atoms with Gasteiger partial charge in [0.05, 0.1) is 5.56 Å². The van der Waals surface area contributed by atoms with Crippen LogP contribution in [-0.4, -0.2) is 29.9 Å². The highest BCUT2D eigenvalue weighted by molar-refractivity contribution is 9.10. The van der Waals surface area contributed by atoms with Crippen LogP contribution in [0.25, 0.3) is 0 Å². The summed E-state index contributed by atoms with van der Waals surface area (Å²) in [6.07, 6.45) is 1.92. The number of piperidine rings is 1. The van der Waals surface area contributed by atoms with E-state index in [1.165, 1.54) is 0 Å². The summed E-state index contributed by atoms with van der Waals surface area (Å²) in [6.45, 7) is 5.69. The average Bonchev–Trinajstić information content (AvgIpc) is 2.38. The van der Waals surface area contributed by atoms with Gasteiger partial charge in [0.15, 0.2) is 0 Å². The molecule has 0 aliphatic carbocycles. The van der Waals surface area contributed by atoms with Gasteiger partial charge in [0.2, 0.25) is 0 Å². The summed E-state index contributed by atoms with van der Waals surface area (Å²) >= 11 is 3.49. The number of rotatable bonds is 2. The third-order valence-electron chi connectivity index (χ3n) is 3.96. The van der Waals surface area contributed by atoms with Crippen molar-refractivity contribution in [2.24, 2.45) is 11.7 Å². The first-order chi connectivity index (χ1) is 9.02. The summed E-state index contributed by atoms with van der Waals surface area (Å²) in [4.78, 5) is 14.5. The van der Waals surface area contributed by atoms with E-state index in [0.29, 0.717) is 5.92 Å². The molecule has 1 aromatic rings. The highest BCUT2D eigenvalue weighted by atomic mass is 79.9. The van der Waals surface area contributed by atoms with Crippen LogP contribution < -0.4 is 5.73 Å². The second-order valence-electron chi connectivity index (χ2n) is 5.36. The minimum Gasteiger partial charge on any atom is -0.338 e. The van der Waals surface area contributed by atoms with Crippen molar-refractivity contribution in [3.8, 4) is 0 Å². The monoisotopic (exact) mass is 324 g/mol. The van der Waals surface area contributed by atoms with Crippen LogP contribution >= 0.6 is 15.9 Å². The van der Waals surface area contributed by atoms with E-state index in [4.69, 9.17) is 5.73 Å². The van der Waals surface area contributed by atoms with Crippen molar-refractivity contribution in [3.05, 3.63) is 33.8 Å². The Morgan fingerprint density at radius 2 is 2.26 bits per heavy atom. The van der Waals surface area contributed by atoms with Crippen LogP contribution in [0.15, 0.2) is 22.7 Å². The number of carbonyl (C=O) groups is 1. The van der Waals surface area contributed by atoms with Crippen LogP contribution in [0, 0.1) is 12.8 Å². The molecule has 104 valence electrons. The van der Waals surface area contributed by atoms with Gasteiger partial charge in [-0.3, -0.25) is 4.79 Å². The minimum atomic E-state index is 0.109. The normalized spacial score (nSPS) is 23.5. The Morgan fingerprint density at radius 1 is 1.53 bits per heavy atom. The average molecular weight is 325 g/mol. The maximum atomic E-state index is 12.6. The third-order valence-corrected chi connectivity index (χ3v) is 4.62. The van der Waals surface area contributed by atoms with Crippen LogP contribution in [0.3, 0.4) is 0 Å². The number of benzene rings is 1. The molecule has 2 atom stereocenters. The lowest BCUT2D eigenvalue weighted by atomic mass is 9.90. The van der Waals surface area contributed by atoms with E-state index in [-0.39, 0.29) is 11.9 Å². The topological polar surface area (TPSA) is 46.3 Å². The fourth-order valence-corrected chi connectivity index (χ4v) is 3.29. The molecule has 1 heterocycles. The van der Waals surface area contributed by atoms with Crippen molar-refractivity contribution >= 4 is 21.8 Å². The SMILES string of the molecule is CCC1CN(C(=O)c2ccc(C)cc2Br)CCC1N. The standard InChI is InChI=1S/C15H21BrN2O/c1-3-11-9-18(7-6-14(11)17)15(19)12-5-4-10(2)8-13(12)16/h4-5,8,11,14H,3,6-7,9,17H2,1-2H3. The van der Waals surface area contributed by atoms with Crippen molar-refractivity contribution in [1.82, 2.24) is 4.90 Å². The molecule has 0 aromatic heterocycles. The van der Waals surface area contributed by atoms with Gasteiger partial charge in [0.1, 0.15) is 0 Å². The molecule has 1 aliphatic rings. The van der Waals surface area contributed by atoms with Gasteiger partial charge in [-0.2, -0.15) is 0 Å². The van der Waals surface area contributed by atoms with E-state index in [9.17, 15) is 4.79 Å². The molecular formula is C15H21BrN2O. The maximum absolute atomic E-state index is 12.6. The van der Waals surface area contributed by atoms with Gasteiger partial charge in [0.25, 0.3) is 5.91 Å². The number of halogens is 1. The second kappa shape index (κ2) is 6.06. The summed E-state index contributed by atoms with van der Waals surface area (Å²) in [5, 5.41) is 0. The number of nitrogens with zero attached hydrogens (tertiary/aromatic N) is 1. The number of carbonyl (C=O) groups excluding carboxylic acids is 1. The number of aryl methyl sites for hydroxylation is 1. The van der Waals surface area contributed by atoms with Crippen LogP contribution in [-0.2, 0) is 0 Å². The molecule has 1 aromatic carbocycles. The molecule has 2 rings (SSSR count). The molecule has 0 spiro atoms. The van der Waals surface area contributed by atoms with Crippen molar-refractivity contribution in [1.29, 1.82) is 0 Å². The first kappa shape index (κ1) is 14.5. The third kappa shape index (κ3) is 3.18. The van der Waals surface area contributed by atoms with Gasteiger partial charge in [-0.25, -0.2) is 0 Å². The molecular weight excluding hydrogens is 304 g/mol. The lowest BCUT2D eigenvalue weighted by Crippen LogP contribution is -2.49. The van der Waals surface area contributed by atoms with Gasteiger partial charge in [-0.1, -0.05) is 19.4 Å². The second-order valence-corrected chi connectivity index (χ2v) is 6.21. The Hall–Kier alpha value is -0.870. The maximum Gasteiger partial charge on any atom is 0.255 e. The molecule has 2 N–H and O–H groups in total. The van der Waals surface area contributed by atoms with Gasteiger partial charge in [-0.15, -0.1) is 0 Å². The van der Waals surface area contributed by atoms with E-state index in [2.05, 4.69) is 22.9 Å². The number of hydrogen-bond donors (Lipinski definition) is 1. The Balaban J connectivity index is 2.15. The van der Waals surface area contributed by atoms with Gasteiger partial charge >= 0.3 is 0 Å². The van der Waals surface area contributed by atoms with E-state index in [1.807, 2.05) is 30.0 Å². The fourth-order valence-electron chi connectivity index (χ4n) is 2.63. The lowest BCUT2D eigenvalue weighted by molar-refractivity contribution is 0.0648. The van der Waals surface area contributed by atoms with E-state index in [1.54, 1.807) is 0 Å². The molecule has 1 fully saturated rings. The van der Waals surface area contributed by atoms with Crippen LogP contribution in [0.4, 0.5) is 0 Å². The number of amides is 1. The minimum absolute atomic E-state index is 0.109. The van der Waals surface area contributed by atoms with Gasteiger partial charge in [-0.05, 0) is 52.9 Å². The molecule has 3 nitrogen and oxygen atoms in total. The molecule has 1 saturated heterocycles. The van der Waals surface area contributed by atoms with Crippen molar-refractivity contribution in [2.75, 3.05) is 13.1 Å². The quantitative estimate of drug-likeness (QED) is 0.909. The zero-order valence-corrected chi connectivity index (χ0v) is 13.1. The van der Waals surface area contributed by atoms with Crippen LogP contribution in [0.1, 0.15) is 35.7 Å². The summed E-state index contributed by atoms with van der Waals surface area (Å²) in [6, 6.07) is 6.10. The van der Waals surface area contributed by atoms with E-state index < -0.39 is 0 Å². The largest absolute Gasteiger partial charge is 0.338 e. The Morgan fingerprint density at radius 3 is 2.89 bits per heavy atom. The smallest absolute Gasteiger partial charge is 0.255 e. The van der Waals surface area contributed by atoms with E-state index >= 15 is 0 Å². The first-order valence-corrected chi connectivity index (χ1v) is 7.63. The zero-order chi connectivity index (χ0) is 14.0. The molecule has 1 aliphatic heterocycles. The zero-order valence-electron chi connectivity index (χ0n) is 11.5. The first-order valence-electron chi connectivity index (χ1n) is 6.84. The molecule has 2 unspecified atom stereocenters. The molecule has 4 heteroatoms. The van der Waals surface area contributed by atoms with Gasteiger partial charge in [0, 0.05) is 23.6 Å². The van der Waals surface area contributed by atoms with Crippen molar-refractivity contribution < 1.29 is 4.79 Å². The fraction of sp³-hybridized carbons (Fsp3) is 0.533. The predicted molar refractivity (Wildman–Crippen MR) is 81.2 cm³/mol. The van der Waals surface area contributed by atoms with Crippen molar-refractivity contribution in [2.45, 2.75) is 32.7 Å². The molecule has 1 amide bonds.